The first-order valence-electron chi connectivity index (χ1n) is 9.27. The first kappa shape index (κ1) is 19.5. The fraction of sp³-hybridized carbons (Fsp3) is 0.526. The Labute approximate surface area is 158 Å². The highest BCUT2D eigenvalue weighted by Gasteiger charge is 2.40. The number of sulfone groups is 1. The van der Waals surface area contributed by atoms with Crippen molar-refractivity contribution < 1.29 is 13.2 Å². The number of hydrogen-bond donors (Lipinski definition) is 1. The zero-order chi connectivity index (χ0) is 19.7. The molecule has 1 saturated heterocycles. The average Bonchev–Trinajstić information content (AvgIpc) is 2.90. The van der Waals surface area contributed by atoms with Crippen LogP contribution in [0.5, 0.6) is 0 Å². The summed E-state index contributed by atoms with van der Waals surface area (Å²) in [6, 6.07) is 6.90. The Morgan fingerprint density at radius 3 is 2.59 bits per heavy atom. The molecule has 1 atom stereocenters. The second-order valence-electron chi connectivity index (χ2n) is 7.49. The molecular weight excluding hydrogens is 366 g/mol. The summed E-state index contributed by atoms with van der Waals surface area (Å²) in [6.45, 7) is 4.25. The predicted molar refractivity (Wildman–Crippen MR) is 105 cm³/mol. The summed E-state index contributed by atoms with van der Waals surface area (Å²) in [5.41, 5.74) is -0.873. The zero-order valence-electron chi connectivity index (χ0n) is 15.7. The van der Waals surface area contributed by atoms with Crippen LogP contribution in [0.2, 0.25) is 0 Å². The van der Waals surface area contributed by atoms with Gasteiger partial charge >= 0.3 is 0 Å². The van der Waals surface area contributed by atoms with E-state index in [1.54, 1.807) is 31.2 Å². The molecule has 1 aromatic heterocycles. The van der Waals surface area contributed by atoms with Crippen LogP contribution < -0.4 is 10.9 Å². The number of carbonyl (C=O) groups is 1. The van der Waals surface area contributed by atoms with Gasteiger partial charge in [0.25, 0.3) is 11.5 Å². The molecular formula is C19H25N3O4S. The third kappa shape index (κ3) is 4.21. The molecule has 2 aromatic rings. The Balaban J connectivity index is 1.98. The maximum absolute atomic E-state index is 12.9. The SMILES string of the molecule is CCCCCn1nc(C(=O)NC2(C)CCS(=O)(=O)C2)c2ccccc2c1=O. The highest BCUT2D eigenvalue weighted by molar-refractivity contribution is 7.91. The number of hydrogen-bond acceptors (Lipinski definition) is 5. The topological polar surface area (TPSA) is 98.1 Å². The largest absolute Gasteiger partial charge is 0.344 e. The van der Waals surface area contributed by atoms with Gasteiger partial charge in [-0.3, -0.25) is 9.59 Å². The Bertz CT molecular complexity index is 1030. The minimum atomic E-state index is -3.14. The molecule has 146 valence electrons. The molecule has 3 rings (SSSR count). The highest BCUT2D eigenvalue weighted by Crippen LogP contribution is 2.24. The Kier molecular flexibility index (Phi) is 5.37. The number of benzene rings is 1. The molecule has 1 amide bonds. The van der Waals surface area contributed by atoms with Crippen LogP contribution in [0.1, 0.15) is 50.0 Å². The van der Waals surface area contributed by atoms with Gasteiger partial charge in [0, 0.05) is 11.9 Å². The molecule has 1 unspecified atom stereocenters. The van der Waals surface area contributed by atoms with E-state index in [4.69, 9.17) is 0 Å². The van der Waals surface area contributed by atoms with Crippen LogP contribution in [0, 0.1) is 0 Å². The number of nitrogens with zero attached hydrogens (tertiary/aromatic N) is 2. The van der Waals surface area contributed by atoms with Crippen LogP contribution in [0.3, 0.4) is 0 Å². The van der Waals surface area contributed by atoms with Crippen molar-refractivity contribution in [2.24, 2.45) is 0 Å². The molecule has 0 saturated carbocycles. The van der Waals surface area contributed by atoms with Crippen LogP contribution in [0.4, 0.5) is 0 Å². The normalized spacial score (nSPS) is 21.4. The Morgan fingerprint density at radius 2 is 1.96 bits per heavy atom. The lowest BCUT2D eigenvalue weighted by Gasteiger charge is -2.24. The summed E-state index contributed by atoms with van der Waals surface area (Å²) >= 11 is 0. The molecule has 2 heterocycles. The van der Waals surface area contributed by atoms with Gasteiger partial charge in [-0.05, 0) is 25.8 Å². The molecule has 1 aromatic carbocycles. The molecule has 1 N–H and O–H groups in total. The van der Waals surface area contributed by atoms with Crippen molar-refractivity contribution in [2.45, 2.75) is 51.6 Å². The van der Waals surface area contributed by atoms with Gasteiger partial charge in [-0.1, -0.05) is 38.0 Å². The number of carbonyl (C=O) groups excluding carboxylic acids is 1. The van der Waals surface area contributed by atoms with E-state index in [1.807, 2.05) is 0 Å². The quantitative estimate of drug-likeness (QED) is 0.759. The molecule has 7 nitrogen and oxygen atoms in total. The van der Waals surface area contributed by atoms with Gasteiger partial charge in [0.2, 0.25) is 0 Å². The predicted octanol–water partition coefficient (Wildman–Crippen LogP) is 1.89. The van der Waals surface area contributed by atoms with E-state index in [9.17, 15) is 18.0 Å². The fourth-order valence-electron chi connectivity index (χ4n) is 3.51. The van der Waals surface area contributed by atoms with Crippen molar-refractivity contribution >= 4 is 26.5 Å². The van der Waals surface area contributed by atoms with Crippen molar-refractivity contribution in [1.29, 1.82) is 0 Å². The summed E-state index contributed by atoms with van der Waals surface area (Å²) in [5, 5.41) is 8.09. The van der Waals surface area contributed by atoms with Crippen molar-refractivity contribution in [3.8, 4) is 0 Å². The van der Waals surface area contributed by atoms with Crippen LogP contribution in [-0.2, 0) is 16.4 Å². The summed E-state index contributed by atoms with van der Waals surface area (Å²) in [4.78, 5) is 25.6. The maximum atomic E-state index is 12.9. The number of aryl methyl sites for hydroxylation is 1. The van der Waals surface area contributed by atoms with Gasteiger partial charge in [0.1, 0.15) is 0 Å². The molecule has 0 aliphatic carbocycles. The molecule has 0 spiro atoms. The number of unbranched alkanes of at least 4 members (excludes halogenated alkanes) is 2. The summed E-state index contributed by atoms with van der Waals surface area (Å²) in [6.07, 6.45) is 3.16. The standard InChI is InChI=1S/C19H25N3O4S/c1-3-4-7-11-22-18(24)15-9-6-5-8-14(15)16(21-22)17(23)20-19(2)10-12-27(25,26)13-19/h5-6,8-9H,3-4,7,10-13H2,1-2H3,(H,20,23). The Morgan fingerprint density at radius 1 is 1.26 bits per heavy atom. The van der Waals surface area contributed by atoms with E-state index in [0.717, 1.165) is 19.3 Å². The second-order valence-corrected chi connectivity index (χ2v) is 9.67. The molecule has 27 heavy (non-hydrogen) atoms. The molecule has 1 fully saturated rings. The van der Waals surface area contributed by atoms with E-state index in [0.29, 0.717) is 23.7 Å². The monoisotopic (exact) mass is 391 g/mol. The van der Waals surface area contributed by atoms with Gasteiger partial charge in [-0.2, -0.15) is 5.10 Å². The fourth-order valence-corrected chi connectivity index (χ4v) is 5.60. The maximum Gasteiger partial charge on any atom is 0.274 e. The summed E-state index contributed by atoms with van der Waals surface area (Å²) < 4.78 is 25.0. The highest BCUT2D eigenvalue weighted by atomic mass is 32.2. The summed E-state index contributed by atoms with van der Waals surface area (Å²) in [7, 11) is -3.14. The number of rotatable bonds is 6. The molecule has 0 bridgehead atoms. The van der Waals surface area contributed by atoms with Crippen molar-refractivity contribution in [1.82, 2.24) is 15.1 Å². The lowest BCUT2D eigenvalue weighted by atomic mass is 10.0. The van der Waals surface area contributed by atoms with Gasteiger partial charge in [-0.15, -0.1) is 0 Å². The lowest BCUT2D eigenvalue weighted by molar-refractivity contribution is 0.0909. The Hall–Kier alpha value is -2.22. The van der Waals surface area contributed by atoms with Gasteiger partial charge < -0.3 is 5.32 Å². The van der Waals surface area contributed by atoms with Crippen molar-refractivity contribution in [3.63, 3.8) is 0 Å². The van der Waals surface area contributed by atoms with E-state index in [2.05, 4.69) is 17.3 Å². The molecule has 1 aliphatic rings. The zero-order valence-corrected chi connectivity index (χ0v) is 16.5. The van der Waals surface area contributed by atoms with Crippen molar-refractivity contribution in [3.05, 3.63) is 40.3 Å². The molecule has 0 radical (unpaired) electrons. The minimum absolute atomic E-state index is 0.0640. The third-order valence-electron chi connectivity index (χ3n) is 4.97. The first-order valence-corrected chi connectivity index (χ1v) is 11.1. The summed E-state index contributed by atoms with van der Waals surface area (Å²) in [5.74, 6) is -0.469. The third-order valence-corrected chi connectivity index (χ3v) is 6.88. The second kappa shape index (κ2) is 7.42. The van der Waals surface area contributed by atoms with E-state index < -0.39 is 21.3 Å². The van der Waals surface area contributed by atoms with Gasteiger partial charge in [0.05, 0.1) is 22.4 Å². The van der Waals surface area contributed by atoms with E-state index >= 15 is 0 Å². The number of aromatic nitrogens is 2. The van der Waals surface area contributed by atoms with Crippen LogP contribution in [-0.4, -0.2) is 41.2 Å². The van der Waals surface area contributed by atoms with Crippen LogP contribution >= 0.6 is 0 Å². The number of amides is 1. The number of nitrogens with one attached hydrogen (secondary N) is 1. The van der Waals surface area contributed by atoms with Crippen LogP contribution in [0.15, 0.2) is 29.1 Å². The number of fused-ring (bicyclic) bond motifs is 1. The first-order chi connectivity index (χ1) is 12.7. The minimum Gasteiger partial charge on any atom is -0.344 e. The van der Waals surface area contributed by atoms with Gasteiger partial charge in [0.15, 0.2) is 15.5 Å². The van der Waals surface area contributed by atoms with E-state index in [-0.39, 0.29) is 22.8 Å². The smallest absolute Gasteiger partial charge is 0.274 e. The van der Waals surface area contributed by atoms with Crippen molar-refractivity contribution in [2.75, 3.05) is 11.5 Å². The lowest BCUT2D eigenvalue weighted by Crippen LogP contribution is -2.47. The average molecular weight is 391 g/mol. The van der Waals surface area contributed by atoms with Crippen LogP contribution in [0.25, 0.3) is 10.8 Å². The molecule has 8 heteroatoms. The van der Waals surface area contributed by atoms with Gasteiger partial charge in [-0.25, -0.2) is 13.1 Å². The molecule has 1 aliphatic heterocycles. The van der Waals surface area contributed by atoms with E-state index in [1.165, 1.54) is 4.68 Å².